The van der Waals surface area contributed by atoms with Crippen molar-refractivity contribution in [2.75, 3.05) is 13.7 Å². The molecule has 0 bridgehead atoms. The number of ether oxygens (including phenoxy) is 1. The molecule has 1 aliphatic heterocycles. The molecule has 1 aromatic carbocycles. The third kappa shape index (κ3) is 3.20. The molecule has 1 heterocycles. The van der Waals surface area contributed by atoms with Gasteiger partial charge in [0.15, 0.2) is 0 Å². The quantitative estimate of drug-likeness (QED) is 0.835. The van der Waals surface area contributed by atoms with Crippen LogP contribution < -0.4 is 15.4 Å². The van der Waals surface area contributed by atoms with E-state index < -0.39 is 0 Å². The minimum absolute atomic E-state index is 0.554. The Morgan fingerprint density at radius 1 is 1.41 bits per heavy atom. The maximum absolute atomic E-state index is 5.36. The van der Waals surface area contributed by atoms with E-state index in [-0.39, 0.29) is 0 Å². The van der Waals surface area contributed by atoms with Crippen LogP contribution in [-0.4, -0.2) is 25.7 Å². The van der Waals surface area contributed by atoms with Gasteiger partial charge in [-0.05, 0) is 32.4 Å². The van der Waals surface area contributed by atoms with E-state index >= 15 is 0 Å². The average Bonchev–Trinajstić information content (AvgIpc) is 2.38. The molecule has 0 unspecified atom stereocenters. The molecule has 1 fully saturated rings. The van der Waals surface area contributed by atoms with E-state index in [0.717, 1.165) is 18.8 Å². The zero-order chi connectivity index (χ0) is 12.1. The van der Waals surface area contributed by atoms with E-state index in [2.05, 4.69) is 29.7 Å². The van der Waals surface area contributed by atoms with E-state index in [9.17, 15) is 0 Å². The Labute approximate surface area is 104 Å². The molecule has 2 atom stereocenters. The second-order valence-corrected chi connectivity index (χ2v) is 4.68. The summed E-state index contributed by atoms with van der Waals surface area (Å²) in [5.74, 6) is 0.969. The molecule has 1 aliphatic rings. The number of hydrogen-bond donors (Lipinski definition) is 2. The standard InChI is InChI=1S/C14H22N2O/c1-11-13(7-5-9-15-11)16-10-12-6-3-4-8-14(12)17-2/h3-4,6,8,11,13,15-16H,5,7,9-10H2,1-2H3/t11-,13-/m0/s1. The molecule has 17 heavy (non-hydrogen) atoms. The summed E-state index contributed by atoms with van der Waals surface area (Å²) in [6, 6.07) is 9.31. The van der Waals surface area contributed by atoms with Crippen molar-refractivity contribution in [3.63, 3.8) is 0 Å². The number of methoxy groups -OCH3 is 1. The summed E-state index contributed by atoms with van der Waals surface area (Å²) in [6.07, 6.45) is 2.51. The first-order valence-electron chi connectivity index (χ1n) is 6.40. The van der Waals surface area contributed by atoms with E-state index in [0.29, 0.717) is 12.1 Å². The van der Waals surface area contributed by atoms with Crippen molar-refractivity contribution in [2.24, 2.45) is 0 Å². The summed E-state index contributed by atoms with van der Waals surface area (Å²) < 4.78 is 5.36. The fraction of sp³-hybridized carbons (Fsp3) is 0.571. The summed E-state index contributed by atoms with van der Waals surface area (Å²) in [5.41, 5.74) is 1.23. The van der Waals surface area contributed by atoms with Crippen LogP contribution in [0.5, 0.6) is 5.75 Å². The fourth-order valence-corrected chi connectivity index (χ4v) is 2.41. The second kappa shape index (κ2) is 6.03. The van der Waals surface area contributed by atoms with Crippen LogP contribution in [0.2, 0.25) is 0 Å². The second-order valence-electron chi connectivity index (χ2n) is 4.68. The summed E-state index contributed by atoms with van der Waals surface area (Å²) in [6.45, 7) is 4.27. The normalized spacial score (nSPS) is 24.6. The van der Waals surface area contributed by atoms with Crippen LogP contribution in [0.15, 0.2) is 24.3 Å². The highest BCUT2D eigenvalue weighted by Gasteiger charge is 2.20. The Balaban J connectivity index is 1.92. The van der Waals surface area contributed by atoms with Gasteiger partial charge in [-0.25, -0.2) is 0 Å². The molecule has 94 valence electrons. The highest BCUT2D eigenvalue weighted by atomic mass is 16.5. The Morgan fingerprint density at radius 2 is 2.24 bits per heavy atom. The molecule has 3 heteroatoms. The summed E-state index contributed by atoms with van der Waals surface area (Å²) in [4.78, 5) is 0. The van der Waals surface area contributed by atoms with Gasteiger partial charge < -0.3 is 15.4 Å². The van der Waals surface area contributed by atoms with Gasteiger partial charge in [-0.15, -0.1) is 0 Å². The van der Waals surface area contributed by atoms with Crippen LogP contribution in [0.25, 0.3) is 0 Å². The molecule has 0 spiro atoms. The first-order valence-corrected chi connectivity index (χ1v) is 6.40. The average molecular weight is 234 g/mol. The van der Waals surface area contributed by atoms with Gasteiger partial charge in [-0.3, -0.25) is 0 Å². The number of benzene rings is 1. The van der Waals surface area contributed by atoms with Crippen molar-refractivity contribution >= 4 is 0 Å². The molecule has 0 radical (unpaired) electrons. The molecule has 2 N–H and O–H groups in total. The van der Waals surface area contributed by atoms with Gasteiger partial charge in [0.25, 0.3) is 0 Å². The number of nitrogens with one attached hydrogen (secondary N) is 2. The highest BCUT2D eigenvalue weighted by molar-refractivity contribution is 5.33. The lowest BCUT2D eigenvalue weighted by Gasteiger charge is -2.31. The van der Waals surface area contributed by atoms with E-state index in [1.54, 1.807) is 7.11 Å². The zero-order valence-electron chi connectivity index (χ0n) is 10.7. The number of hydrogen-bond acceptors (Lipinski definition) is 3. The summed E-state index contributed by atoms with van der Waals surface area (Å²) in [5, 5.41) is 7.12. The van der Waals surface area contributed by atoms with Crippen LogP contribution in [0.3, 0.4) is 0 Å². The van der Waals surface area contributed by atoms with Gasteiger partial charge in [0.2, 0.25) is 0 Å². The maximum atomic E-state index is 5.36. The fourth-order valence-electron chi connectivity index (χ4n) is 2.41. The third-order valence-electron chi connectivity index (χ3n) is 3.51. The third-order valence-corrected chi connectivity index (χ3v) is 3.51. The highest BCUT2D eigenvalue weighted by Crippen LogP contribution is 2.18. The van der Waals surface area contributed by atoms with Crippen LogP contribution in [0.1, 0.15) is 25.3 Å². The molecule has 1 saturated heterocycles. The van der Waals surface area contributed by atoms with Crippen molar-refractivity contribution in [3.8, 4) is 5.75 Å². The molecular weight excluding hydrogens is 212 g/mol. The molecule has 0 saturated carbocycles. The zero-order valence-corrected chi connectivity index (χ0v) is 10.7. The molecule has 3 nitrogen and oxygen atoms in total. The topological polar surface area (TPSA) is 33.3 Å². The van der Waals surface area contributed by atoms with Gasteiger partial charge >= 0.3 is 0 Å². The van der Waals surface area contributed by atoms with E-state index in [1.165, 1.54) is 18.4 Å². The van der Waals surface area contributed by atoms with Gasteiger partial charge in [-0.1, -0.05) is 18.2 Å². The van der Waals surface area contributed by atoms with Crippen LogP contribution in [0.4, 0.5) is 0 Å². The Kier molecular flexibility index (Phi) is 4.40. The van der Waals surface area contributed by atoms with Gasteiger partial charge in [-0.2, -0.15) is 0 Å². The Hall–Kier alpha value is -1.06. The summed E-state index contributed by atoms with van der Waals surface area (Å²) >= 11 is 0. The molecule has 0 aliphatic carbocycles. The molecular formula is C14H22N2O. The van der Waals surface area contributed by atoms with Crippen molar-refractivity contribution < 1.29 is 4.74 Å². The van der Waals surface area contributed by atoms with Crippen LogP contribution in [-0.2, 0) is 6.54 Å². The minimum Gasteiger partial charge on any atom is -0.496 e. The largest absolute Gasteiger partial charge is 0.496 e. The first-order chi connectivity index (χ1) is 8.31. The molecule has 0 amide bonds. The lowest BCUT2D eigenvalue weighted by molar-refractivity contribution is 0.314. The lowest BCUT2D eigenvalue weighted by atomic mass is 9.99. The monoisotopic (exact) mass is 234 g/mol. The lowest BCUT2D eigenvalue weighted by Crippen LogP contribution is -2.49. The van der Waals surface area contributed by atoms with Gasteiger partial charge in [0, 0.05) is 24.2 Å². The summed E-state index contributed by atoms with van der Waals surface area (Å²) in [7, 11) is 1.73. The minimum atomic E-state index is 0.554. The predicted octanol–water partition coefficient (Wildman–Crippen LogP) is 1.93. The van der Waals surface area contributed by atoms with Crippen LogP contribution >= 0.6 is 0 Å². The van der Waals surface area contributed by atoms with Crippen molar-refractivity contribution in [1.29, 1.82) is 0 Å². The Morgan fingerprint density at radius 3 is 3.00 bits per heavy atom. The van der Waals surface area contributed by atoms with Gasteiger partial charge in [0.05, 0.1) is 7.11 Å². The number of rotatable bonds is 4. The van der Waals surface area contributed by atoms with Gasteiger partial charge in [0.1, 0.15) is 5.75 Å². The predicted molar refractivity (Wildman–Crippen MR) is 70.3 cm³/mol. The van der Waals surface area contributed by atoms with Crippen molar-refractivity contribution in [3.05, 3.63) is 29.8 Å². The van der Waals surface area contributed by atoms with Crippen molar-refractivity contribution in [1.82, 2.24) is 10.6 Å². The van der Waals surface area contributed by atoms with Crippen molar-refractivity contribution in [2.45, 2.75) is 38.4 Å². The van der Waals surface area contributed by atoms with E-state index in [1.807, 2.05) is 12.1 Å². The van der Waals surface area contributed by atoms with E-state index in [4.69, 9.17) is 4.74 Å². The SMILES string of the molecule is COc1ccccc1CN[C@H]1CCCN[C@H]1C. The molecule has 0 aromatic heterocycles. The molecule has 2 rings (SSSR count). The first kappa shape index (κ1) is 12.4. The molecule has 1 aromatic rings. The maximum Gasteiger partial charge on any atom is 0.123 e. The number of para-hydroxylation sites is 1. The number of piperidine rings is 1. The smallest absolute Gasteiger partial charge is 0.123 e. The van der Waals surface area contributed by atoms with Crippen LogP contribution in [0, 0.1) is 0 Å². The Bertz CT molecular complexity index is 354.